The van der Waals surface area contributed by atoms with Gasteiger partial charge in [0, 0.05) is 24.6 Å². The SMILES string of the molecule is C/C=C/C(CC1CCNC1=O)NC(=O)CNC(=O)C(NC(=O)C(C)NC(=O)C(=N)/C=C(/C)O)C(C)C. The van der Waals surface area contributed by atoms with E-state index in [-0.39, 0.29) is 36.1 Å². The Hall–Kier alpha value is -3.70. The van der Waals surface area contributed by atoms with E-state index in [1.165, 1.54) is 13.8 Å². The number of allylic oxidation sites excluding steroid dienone is 2. The molecule has 1 aliphatic heterocycles. The normalized spacial score (nSPS) is 18.2. The van der Waals surface area contributed by atoms with Gasteiger partial charge >= 0.3 is 0 Å². The van der Waals surface area contributed by atoms with Crippen molar-refractivity contribution in [2.75, 3.05) is 13.1 Å². The van der Waals surface area contributed by atoms with Crippen LogP contribution in [-0.4, -0.2) is 71.6 Å². The van der Waals surface area contributed by atoms with Crippen LogP contribution in [0.5, 0.6) is 0 Å². The highest BCUT2D eigenvalue weighted by Crippen LogP contribution is 2.16. The quantitative estimate of drug-likeness (QED) is 0.103. The average molecular weight is 507 g/mol. The van der Waals surface area contributed by atoms with Crippen LogP contribution in [0.15, 0.2) is 24.0 Å². The molecule has 7 N–H and O–H groups in total. The fourth-order valence-corrected chi connectivity index (χ4v) is 3.56. The molecule has 0 aliphatic carbocycles. The number of hydrogen-bond donors (Lipinski definition) is 7. The van der Waals surface area contributed by atoms with Crippen LogP contribution in [0, 0.1) is 17.2 Å². The molecule has 0 radical (unpaired) electrons. The van der Waals surface area contributed by atoms with E-state index in [4.69, 9.17) is 10.5 Å². The van der Waals surface area contributed by atoms with Gasteiger partial charge in [0.1, 0.15) is 17.8 Å². The predicted octanol–water partition coefficient (Wildman–Crippen LogP) is -0.183. The summed E-state index contributed by atoms with van der Waals surface area (Å²) in [6, 6.07) is -2.39. The highest BCUT2D eigenvalue weighted by atomic mass is 16.3. The first kappa shape index (κ1) is 30.3. The van der Waals surface area contributed by atoms with Gasteiger partial charge in [-0.25, -0.2) is 0 Å². The molecule has 200 valence electrons. The second-order valence-electron chi connectivity index (χ2n) is 9.05. The first-order chi connectivity index (χ1) is 16.8. The first-order valence-corrected chi connectivity index (χ1v) is 11.9. The Morgan fingerprint density at radius 2 is 1.81 bits per heavy atom. The summed E-state index contributed by atoms with van der Waals surface area (Å²) < 4.78 is 0. The summed E-state index contributed by atoms with van der Waals surface area (Å²) in [5.74, 6) is -3.30. The van der Waals surface area contributed by atoms with Gasteiger partial charge in [0.05, 0.1) is 12.3 Å². The van der Waals surface area contributed by atoms with E-state index >= 15 is 0 Å². The minimum atomic E-state index is -1.06. The molecule has 12 heteroatoms. The van der Waals surface area contributed by atoms with Crippen LogP contribution in [0.4, 0.5) is 0 Å². The Balaban J connectivity index is 2.64. The minimum absolute atomic E-state index is 0.0372. The van der Waals surface area contributed by atoms with Gasteiger partial charge in [0.2, 0.25) is 23.6 Å². The molecule has 0 spiro atoms. The molecule has 1 aliphatic rings. The van der Waals surface area contributed by atoms with Crippen molar-refractivity contribution < 1.29 is 29.1 Å². The second kappa shape index (κ2) is 14.6. The Morgan fingerprint density at radius 3 is 2.33 bits per heavy atom. The lowest BCUT2D eigenvalue weighted by Crippen LogP contribution is -2.56. The van der Waals surface area contributed by atoms with Gasteiger partial charge < -0.3 is 31.7 Å². The van der Waals surface area contributed by atoms with Crippen LogP contribution in [-0.2, 0) is 24.0 Å². The molecule has 1 fully saturated rings. The Bertz CT molecular complexity index is 909. The van der Waals surface area contributed by atoms with Crippen LogP contribution in [0.1, 0.15) is 47.5 Å². The number of nitrogens with one attached hydrogen (secondary N) is 6. The predicted molar refractivity (Wildman–Crippen MR) is 134 cm³/mol. The summed E-state index contributed by atoms with van der Waals surface area (Å²) in [4.78, 5) is 61.5. The zero-order chi connectivity index (χ0) is 27.4. The highest BCUT2D eigenvalue weighted by Gasteiger charge is 2.29. The van der Waals surface area contributed by atoms with Crippen LogP contribution in [0.25, 0.3) is 0 Å². The summed E-state index contributed by atoms with van der Waals surface area (Å²) >= 11 is 0. The van der Waals surface area contributed by atoms with Crippen molar-refractivity contribution in [2.24, 2.45) is 11.8 Å². The molecule has 0 aromatic carbocycles. The minimum Gasteiger partial charge on any atom is -0.513 e. The summed E-state index contributed by atoms with van der Waals surface area (Å²) in [5, 5.41) is 29.7. The van der Waals surface area contributed by atoms with Gasteiger partial charge in [-0.1, -0.05) is 26.0 Å². The lowest BCUT2D eigenvalue weighted by atomic mass is 9.98. The zero-order valence-electron chi connectivity index (χ0n) is 21.4. The van der Waals surface area contributed by atoms with Gasteiger partial charge in [-0.05, 0) is 39.5 Å². The van der Waals surface area contributed by atoms with Crippen LogP contribution in [0.3, 0.4) is 0 Å². The summed E-state index contributed by atoms with van der Waals surface area (Å²) in [6.07, 6.45) is 5.67. The molecule has 5 amide bonds. The van der Waals surface area contributed by atoms with Gasteiger partial charge in [0.25, 0.3) is 5.91 Å². The van der Waals surface area contributed by atoms with E-state index in [1.807, 2.05) is 6.92 Å². The van der Waals surface area contributed by atoms with Crippen molar-refractivity contribution in [3.8, 4) is 0 Å². The largest absolute Gasteiger partial charge is 0.513 e. The molecule has 36 heavy (non-hydrogen) atoms. The topological polar surface area (TPSA) is 190 Å². The fraction of sp³-hybridized carbons (Fsp3) is 0.583. The number of hydrogen-bond acceptors (Lipinski definition) is 7. The van der Waals surface area contributed by atoms with E-state index in [1.54, 1.807) is 26.0 Å². The molecule has 0 aromatic heterocycles. The first-order valence-electron chi connectivity index (χ1n) is 11.9. The molecule has 12 nitrogen and oxygen atoms in total. The standard InChI is InChI=1S/C24H38N6O6/c1-6-7-17(11-16-8-9-26-22(16)34)29-19(32)12-27-24(36)20(13(2)3)30-21(33)15(5)28-23(35)18(25)10-14(4)31/h6-7,10,13,15-17,20,25,31H,8-9,11-12H2,1-5H3,(H,26,34)(H,27,36)(H,28,35)(H,29,32)(H,30,33)/b7-6+,14-10-,25-18?. The maximum absolute atomic E-state index is 12.7. The van der Waals surface area contributed by atoms with Crippen molar-refractivity contribution in [1.82, 2.24) is 26.6 Å². The van der Waals surface area contributed by atoms with Crippen LogP contribution < -0.4 is 26.6 Å². The summed E-state index contributed by atoms with van der Waals surface area (Å²) in [6.45, 7) is 8.23. The van der Waals surface area contributed by atoms with Gasteiger partial charge in [-0.15, -0.1) is 0 Å². The van der Waals surface area contributed by atoms with Gasteiger partial charge in [-0.2, -0.15) is 0 Å². The van der Waals surface area contributed by atoms with E-state index in [0.717, 1.165) is 6.08 Å². The van der Waals surface area contributed by atoms with Crippen LogP contribution in [0.2, 0.25) is 0 Å². The maximum atomic E-state index is 12.7. The molecular formula is C24H38N6O6. The molecule has 4 atom stereocenters. The third-order valence-corrected chi connectivity index (χ3v) is 5.48. The molecule has 1 heterocycles. The Kier molecular flexibility index (Phi) is 12.3. The molecule has 0 bridgehead atoms. The van der Waals surface area contributed by atoms with Crippen molar-refractivity contribution in [2.45, 2.75) is 65.6 Å². The zero-order valence-corrected chi connectivity index (χ0v) is 21.4. The molecular weight excluding hydrogens is 468 g/mol. The average Bonchev–Trinajstić information content (AvgIpc) is 3.19. The third kappa shape index (κ3) is 10.3. The lowest BCUT2D eigenvalue weighted by molar-refractivity contribution is -0.132. The van der Waals surface area contributed by atoms with E-state index in [0.29, 0.717) is 19.4 Å². The fourth-order valence-electron chi connectivity index (χ4n) is 3.56. The lowest BCUT2D eigenvalue weighted by Gasteiger charge is -2.24. The molecule has 4 unspecified atom stereocenters. The van der Waals surface area contributed by atoms with E-state index in [9.17, 15) is 24.0 Å². The van der Waals surface area contributed by atoms with Crippen LogP contribution >= 0.6 is 0 Å². The molecule has 1 saturated heterocycles. The van der Waals surface area contributed by atoms with Crippen molar-refractivity contribution in [1.29, 1.82) is 5.41 Å². The van der Waals surface area contributed by atoms with E-state index < -0.39 is 41.4 Å². The maximum Gasteiger partial charge on any atom is 0.269 e. The van der Waals surface area contributed by atoms with Gasteiger partial charge in [-0.3, -0.25) is 29.4 Å². The molecule has 1 rings (SSSR count). The van der Waals surface area contributed by atoms with E-state index in [2.05, 4.69) is 26.6 Å². The smallest absolute Gasteiger partial charge is 0.269 e. The number of amides is 5. The third-order valence-electron chi connectivity index (χ3n) is 5.48. The number of rotatable bonds is 13. The Morgan fingerprint density at radius 1 is 1.14 bits per heavy atom. The second-order valence-corrected chi connectivity index (χ2v) is 9.05. The monoisotopic (exact) mass is 506 g/mol. The number of aliphatic hydroxyl groups is 1. The molecule has 0 saturated carbocycles. The number of aliphatic hydroxyl groups excluding tert-OH is 1. The highest BCUT2D eigenvalue weighted by molar-refractivity contribution is 6.42. The van der Waals surface area contributed by atoms with Crippen molar-refractivity contribution in [3.05, 3.63) is 24.0 Å². The number of carbonyl (C=O) groups excluding carboxylic acids is 5. The molecule has 0 aromatic rings. The van der Waals surface area contributed by atoms with Gasteiger partial charge in [0.15, 0.2) is 0 Å². The number of carbonyl (C=O) groups is 5. The van der Waals surface area contributed by atoms with Crippen molar-refractivity contribution >= 4 is 35.2 Å². The summed E-state index contributed by atoms with van der Waals surface area (Å²) in [7, 11) is 0. The Labute approximate surface area is 211 Å². The van der Waals surface area contributed by atoms with Crippen molar-refractivity contribution in [3.63, 3.8) is 0 Å². The summed E-state index contributed by atoms with van der Waals surface area (Å²) in [5.41, 5.74) is -0.524.